The van der Waals surface area contributed by atoms with Crippen LogP contribution in [-0.2, 0) is 14.4 Å². The molecule has 0 saturated carbocycles. The number of rotatable bonds is 5. The number of carbonyl (C=O) groups is 3. The van der Waals surface area contributed by atoms with Gasteiger partial charge in [-0.1, -0.05) is 83.3 Å². The maximum Gasteiger partial charge on any atom is 0.440 e. The van der Waals surface area contributed by atoms with Gasteiger partial charge in [0.25, 0.3) is 0 Å². The topological polar surface area (TPSA) is 81.7 Å². The first kappa shape index (κ1) is 22.0. The van der Waals surface area contributed by atoms with Crippen LogP contribution in [0.5, 0.6) is 0 Å². The average molecular weight is 445 g/mol. The van der Waals surface area contributed by atoms with Crippen LogP contribution >= 0.6 is 34.8 Å². The molecular formula is C19H16Cl3NO5. The van der Waals surface area contributed by atoms with E-state index in [9.17, 15) is 14.4 Å². The lowest BCUT2D eigenvalue weighted by Gasteiger charge is -2.14. The van der Waals surface area contributed by atoms with E-state index in [2.05, 4.69) is 4.74 Å². The van der Waals surface area contributed by atoms with Crippen molar-refractivity contribution in [1.82, 2.24) is 5.48 Å². The molecule has 6 nitrogen and oxygen atoms in total. The van der Waals surface area contributed by atoms with Crippen LogP contribution in [0.4, 0.5) is 4.79 Å². The Morgan fingerprint density at radius 3 is 2.29 bits per heavy atom. The Hall–Kier alpha value is -2.28. The third-order valence-corrected chi connectivity index (χ3v) is 3.97. The summed E-state index contributed by atoms with van der Waals surface area (Å²) in [5.74, 6) is -1.68. The fourth-order valence-electron chi connectivity index (χ4n) is 2.20. The van der Waals surface area contributed by atoms with E-state index >= 15 is 0 Å². The van der Waals surface area contributed by atoms with E-state index in [1.165, 1.54) is 0 Å². The third-order valence-electron chi connectivity index (χ3n) is 3.64. The molecule has 2 aromatic carbocycles. The van der Waals surface area contributed by atoms with Crippen molar-refractivity contribution in [2.24, 2.45) is 0 Å². The van der Waals surface area contributed by atoms with E-state index in [1.54, 1.807) is 55.5 Å². The van der Waals surface area contributed by atoms with Crippen molar-refractivity contribution < 1.29 is 24.0 Å². The molecule has 148 valence electrons. The number of hydrogen-bond donors (Lipinski definition) is 1. The number of nitrogens with one attached hydrogen (secondary N) is 1. The molecule has 0 aliphatic carbocycles. The van der Waals surface area contributed by atoms with E-state index in [-0.39, 0.29) is 5.78 Å². The zero-order chi connectivity index (χ0) is 20.7. The molecule has 0 saturated heterocycles. The highest BCUT2D eigenvalue weighted by molar-refractivity contribution is 6.67. The Morgan fingerprint density at radius 1 is 1.00 bits per heavy atom. The van der Waals surface area contributed by atoms with Crippen LogP contribution < -0.4 is 5.48 Å². The summed E-state index contributed by atoms with van der Waals surface area (Å²) in [6.45, 7) is 1.06. The summed E-state index contributed by atoms with van der Waals surface area (Å²) in [5, 5.41) is 0. The number of amides is 1. The molecule has 1 amide bonds. The van der Waals surface area contributed by atoms with Crippen LogP contribution in [0, 0.1) is 0 Å². The predicted octanol–water partition coefficient (Wildman–Crippen LogP) is 4.58. The molecule has 1 N–H and O–H groups in total. The highest BCUT2D eigenvalue weighted by Gasteiger charge is 2.24. The fraction of sp³-hybridized carbons (Fsp3) is 0.211. The number of benzene rings is 2. The smallest absolute Gasteiger partial charge is 0.440 e. The van der Waals surface area contributed by atoms with Gasteiger partial charge in [-0.25, -0.2) is 9.59 Å². The van der Waals surface area contributed by atoms with Gasteiger partial charge in [0.15, 0.2) is 5.78 Å². The minimum absolute atomic E-state index is 0.170. The van der Waals surface area contributed by atoms with Gasteiger partial charge >= 0.3 is 12.1 Å². The molecular weight excluding hydrogens is 429 g/mol. The SMILES string of the molecule is CC(C(=O)ONC(=O)OCC(Cl)(Cl)Cl)c1cccc(C(=O)c2ccccc2)c1. The summed E-state index contributed by atoms with van der Waals surface area (Å²) < 4.78 is 2.80. The number of halogens is 3. The molecule has 1 unspecified atom stereocenters. The second-order valence-corrected chi connectivity index (χ2v) is 8.27. The number of ketones is 1. The minimum atomic E-state index is -1.78. The number of alkyl halides is 3. The Bertz CT molecular complexity index is 852. The minimum Gasteiger partial charge on any atom is -0.443 e. The molecule has 0 aromatic heterocycles. The van der Waals surface area contributed by atoms with E-state index in [0.29, 0.717) is 16.7 Å². The molecule has 0 heterocycles. The van der Waals surface area contributed by atoms with Crippen LogP contribution in [-0.4, -0.2) is 28.2 Å². The van der Waals surface area contributed by atoms with Crippen LogP contribution in [0.3, 0.4) is 0 Å². The van der Waals surface area contributed by atoms with Gasteiger partial charge in [-0.3, -0.25) is 4.79 Å². The normalized spacial score (nSPS) is 12.0. The van der Waals surface area contributed by atoms with E-state index in [0.717, 1.165) is 0 Å². The standard InChI is InChI=1S/C19H16Cl3NO5/c1-12(17(25)28-23-18(26)27-11-19(20,21)22)14-8-5-9-15(10-14)16(24)13-6-3-2-4-7-13/h2-10,12H,11H2,1H3,(H,23,26). The van der Waals surface area contributed by atoms with Crippen LogP contribution in [0.2, 0.25) is 0 Å². The van der Waals surface area contributed by atoms with Crippen molar-refractivity contribution in [1.29, 1.82) is 0 Å². The summed E-state index contributed by atoms with van der Waals surface area (Å²) in [7, 11) is 0. The molecule has 2 rings (SSSR count). The van der Waals surface area contributed by atoms with Crippen molar-refractivity contribution in [3.63, 3.8) is 0 Å². The monoisotopic (exact) mass is 443 g/mol. The molecule has 0 spiro atoms. The van der Waals surface area contributed by atoms with Gasteiger partial charge in [-0.15, -0.1) is 5.48 Å². The van der Waals surface area contributed by atoms with Crippen LogP contribution in [0.1, 0.15) is 34.3 Å². The molecule has 0 aliphatic heterocycles. The third kappa shape index (κ3) is 6.71. The highest BCUT2D eigenvalue weighted by atomic mass is 35.6. The summed E-state index contributed by atoms with van der Waals surface area (Å²) in [6.07, 6.45) is -1.08. The Labute approximate surface area is 176 Å². The number of ether oxygens (including phenoxy) is 1. The maximum atomic E-state index is 12.5. The average Bonchev–Trinajstić information content (AvgIpc) is 2.69. The maximum absolute atomic E-state index is 12.5. The van der Waals surface area contributed by atoms with E-state index in [4.69, 9.17) is 39.6 Å². The number of hydroxylamine groups is 1. The molecule has 2 aromatic rings. The van der Waals surface area contributed by atoms with E-state index < -0.39 is 28.4 Å². The summed E-state index contributed by atoms with van der Waals surface area (Å²) >= 11 is 16.3. The van der Waals surface area contributed by atoms with E-state index in [1.807, 2.05) is 11.5 Å². The number of carbonyl (C=O) groups excluding carboxylic acids is 3. The largest absolute Gasteiger partial charge is 0.443 e. The lowest BCUT2D eigenvalue weighted by atomic mass is 9.96. The molecule has 1 atom stereocenters. The molecule has 0 radical (unpaired) electrons. The molecule has 0 bridgehead atoms. The molecule has 0 fully saturated rings. The van der Waals surface area contributed by atoms with Gasteiger partial charge in [-0.2, -0.15) is 0 Å². The zero-order valence-electron chi connectivity index (χ0n) is 14.7. The fourth-order valence-corrected chi connectivity index (χ4v) is 2.36. The Kier molecular flexibility index (Phi) is 7.69. The van der Waals surface area contributed by atoms with Crippen LogP contribution in [0.25, 0.3) is 0 Å². The lowest BCUT2D eigenvalue weighted by Crippen LogP contribution is -2.31. The second kappa shape index (κ2) is 9.78. The first-order chi connectivity index (χ1) is 13.2. The molecule has 9 heteroatoms. The lowest BCUT2D eigenvalue weighted by molar-refractivity contribution is -0.151. The van der Waals surface area contributed by atoms with Gasteiger partial charge in [0.2, 0.25) is 3.79 Å². The first-order valence-corrected chi connectivity index (χ1v) is 9.20. The quantitative estimate of drug-likeness (QED) is 0.415. The van der Waals surface area contributed by atoms with Crippen molar-refractivity contribution >= 4 is 52.6 Å². The Balaban J connectivity index is 1.98. The zero-order valence-corrected chi connectivity index (χ0v) is 16.9. The summed E-state index contributed by atoms with van der Waals surface area (Å²) in [5.41, 5.74) is 3.32. The van der Waals surface area contributed by atoms with Gasteiger partial charge in [0.05, 0.1) is 5.92 Å². The number of hydrogen-bond acceptors (Lipinski definition) is 5. The van der Waals surface area contributed by atoms with Gasteiger partial charge < -0.3 is 9.57 Å². The van der Waals surface area contributed by atoms with Crippen molar-refractivity contribution in [2.45, 2.75) is 16.6 Å². The van der Waals surface area contributed by atoms with Gasteiger partial charge in [-0.05, 0) is 18.6 Å². The van der Waals surface area contributed by atoms with Crippen molar-refractivity contribution in [2.75, 3.05) is 6.61 Å². The van der Waals surface area contributed by atoms with Gasteiger partial charge in [0, 0.05) is 11.1 Å². The predicted molar refractivity (Wildman–Crippen MR) is 106 cm³/mol. The Morgan fingerprint density at radius 2 is 1.64 bits per heavy atom. The first-order valence-electron chi connectivity index (χ1n) is 8.07. The summed E-state index contributed by atoms with van der Waals surface area (Å²) in [6, 6.07) is 15.4. The van der Waals surface area contributed by atoms with Gasteiger partial charge in [0.1, 0.15) is 6.61 Å². The molecule has 0 aliphatic rings. The van der Waals surface area contributed by atoms with Crippen LogP contribution in [0.15, 0.2) is 54.6 Å². The van der Waals surface area contributed by atoms with Crippen molar-refractivity contribution in [3.05, 3.63) is 71.3 Å². The molecule has 28 heavy (non-hydrogen) atoms. The van der Waals surface area contributed by atoms with Crippen molar-refractivity contribution in [3.8, 4) is 0 Å². The summed E-state index contributed by atoms with van der Waals surface area (Å²) in [4.78, 5) is 40.8. The second-order valence-electron chi connectivity index (χ2n) is 5.76. The highest BCUT2D eigenvalue weighted by Crippen LogP contribution is 2.26.